The van der Waals surface area contributed by atoms with Crippen LogP contribution in [0.4, 0.5) is 4.39 Å². The molecule has 0 amide bonds. The number of pyridine rings is 1. The maximum absolute atomic E-state index is 14.5. The van der Waals surface area contributed by atoms with Gasteiger partial charge < -0.3 is 24.6 Å². The first kappa shape index (κ1) is 26.6. The lowest BCUT2D eigenvalue weighted by atomic mass is 10.0. The van der Waals surface area contributed by atoms with Gasteiger partial charge in [0.15, 0.2) is 0 Å². The smallest absolute Gasteiger partial charge is 0.133 e. The molecular formula is C30H28FN3O4. The summed E-state index contributed by atoms with van der Waals surface area (Å²) in [6.45, 7) is 1.38. The Morgan fingerprint density at radius 1 is 0.947 bits per heavy atom. The standard InChI is InChI=1S/C30H28FN3O4/c1-36-30-24(5-4-7-27(30)26-6-2-3-8-28(26)31)20-37-25-10-9-23(18-33-11-12-35)29(14-25)38-19-22-13-21(15-32)16-34-17-22/h2-10,13-14,16-17,33,35H,11-12,18-20H2,1H3. The van der Waals surface area contributed by atoms with Gasteiger partial charge >= 0.3 is 0 Å². The van der Waals surface area contributed by atoms with E-state index in [1.807, 2.05) is 30.3 Å². The van der Waals surface area contributed by atoms with Gasteiger partial charge in [-0.1, -0.05) is 42.5 Å². The maximum atomic E-state index is 14.5. The predicted molar refractivity (Wildman–Crippen MR) is 141 cm³/mol. The number of para-hydroxylation sites is 1. The van der Waals surface area contributed by atoms with Crippen molar-refractivity contribution in [2.75, 3.05) is 20.3 Å². The molecule has 0 bridgehead atoms. The third kappa shape index (κ3) is 6.65. The summed E-state index contributed by atoms with van der Waals surface area (Å²) in [5.41, 5.74) is 3.97. The molecule has 7 nitrogen and oxygen atoms in total. The lowest BCUT2D eigenvalue weighted by Gasteiger charge is -2.17. The summed E-state index contributed by atoms with van der Waals surface area (Å²) in [7, 11) is 1.56. The highest BCUT2D eigenvalue weighted by Gasteiger charge is 2.15. The number of aromatic nitrogens is 1. The molecule has 0 saturated heterocycles. The molecule has 0 saturated carbocycles. The van der Waals surface area contributed by atoms with Crippen molar-refractivity contribution in [2.24, 2.45) is 0 Å². The van der Waals surface area contributed by atoms with Crippen molar-refractivity contribution in [2.45, 2.75) is 19.8 Å². The van der Waals surface area contributed by atoms with Gasteiger partial charge in [-0.05, 0) is 18.2 Å². The zero-order chi connectivity index (χ0) is 26.7. The van der Waals surface area contributed by atoms with Crippen LogP contribution in [-0.4, -0.2) is 30.4 Å². The molecule has 0 atom stereocenters. The van der Waals surface area contributed by atoms with Crippen molar-refractivity contribution in [3.63, 3.8) is 0 Å². The van der Waals surface area contributed by atoms with Gasteiger partial charge in [-0.2, -0.15) is 5.26 Å². The summed E-state index contributed by atoms with van der Waals surface area (Å²) in [6.07, 6.45) is 3.15. The Balaban J connectivity index is 1.54. The molecule has 0 fully saturated rings. The molecule has 0 aliphatic rings. The fourth-order valence-corrected chi connectivity index (χ4v) is 3.99. The van der Waals surface area contributed by atoms with Crippen molar-refractivity contribution >= 4 is 0 Å². The SMILES string of the molecule is COc1c(COc2ccc(CNCCO)c(OCc3cncc(C#N)c3)c2)cccc1-c1ccccc1F. The molecule has 38 heavy (non-hydrogen) atoms. The van der Waals surface area contributed by atoms with E-state index >= 15 is 0 Å². The Morgan fingerprint density at radius 2 is 1.79 bits per heavy atom. The lowest BCUT2D eigenvalue weighted by Crippen LogP contribution is -2.18. The molecule has 1 aromatic heterocycles. The molecule has 0 unspecified atom stereocenters. The molecule has 4 rings (SSSR count). The monoisotopic (exact) mass is 513 g/mol. The first-order valence-corrected chi connectivity index (χ1v) is 12.1. The highest BCUT2D eigenvalue weighted by Crippen LogP contribution is 2.35. The Morgan fingerprint density at radius 3 is 2.58 bits per heavy atom. The number of ether oxygens (including phenoxy) is 3. The van der Waals surface area contributed by atoms with Gasteiger partial charge in [0.1, 0.15) is 42.3 Å². The molecule has 0 spiro atoms. The minimum Gasteiger partial charge on any atom is -0.496 e. The second-order valence-electron chi connectivity index (χ2n) is 8.42. The number of halogens is 1. The van der Waals surface area contributed by atoms with Crippen LogP contribution >= 0.6 is 0 Å². The van der Waals surface area contributed by atoms with Gasteiger partial charge in [0.05, 0.1) is 19.3 Å². The summed E-state index contributed by atoms with van der Waals surface area (Å²) in [6, 6.07) is 21.4. The second kappa shape index (κ2) is 13.2. The highest BCUT2D eigenvalue weighted by molar-refractivity contribution is 5.72. The van der Waals surface area contributed by atoms with Gasteiger partial charge in [-0.3, -0.25) is 4.98 Å². The van der Waals surface area contributed by atoms with E-state index in [9.17, 15) is 4.39 Å². The van der Waals surface area contributed by atoms with Crippen LogP contribution in [-0.2, 0) is 19.8 Å². The number of aliphatic hydroxyl groups excluding tert-OH is 1. The maximum Gasteiger partial charge on any atom is 0.133 e. The van der Waals surface area contributed by atoms with Crippen molar-refractivity contribution in [1.82, 2.24) is 10.3 Å². The first-order valence-electron chi connectivity index (χ1n) is 12.1. The van der Waals surface area contributed by atoms with Gasteiger partial charge in [-0.25, -0.2) is 4.39 Å². The summed E-state index contributed by atoms with van der Waals surface area (Å²) in [4.78, 5) is 4.08. The third-order valence-electron chi connectivity index (χ3n) is 5.82. The highest BCUT2D eigenvalue weighted by atomic mass is 19.1. The largest absolute Gasteiger partial charge is 0.496 e. The van der Waals surface area contributed by atoms with E-state index in [1.165, 1.54) is 12.3 Å². The molecule has 1 heterocycles. The number of benzene rings is 3. The van der Waals surface area contributed by atoms with Crippen LogP contribution in [0.3, 0.4) is 0 Å². The van der Waals surface area contributed by atoms with Crippen molar-refractivity contribution < 1.29 is 23.7 Å². The molecule has 3 aromatic carbocycles. The van der Waals surface area contributed by atoms with Gasteiger partial charge in [0.25, 0.3) is 0 Å². The van der Waals surface area contributed by atoms with Crippen LogP contribution in [0.1, 0.15) is 22.3 Å². The Hall–Kier alpha value is -4.45. The molecule has 4 aromatic rings. The number of nitriles is 1. The number of methoxy groups -OCH3 is 1. The van der Waals surface area contributed by atoms with Crippen molar-refractivity contribution in [3.05, 3.63) is 107 Å². The normalized spacial score (nSPS) is 10.6. The average Bonchev–Trinajstić information content (AvgIpc) is 2.96. The zero-order valence-electron chi connectivity index (χ0n) is 21.0. The number of hydrogen-bond donors (Lipinski definition) is 2. The van der Waals surface area contributed by atoms with Crippen LogP contribution in [0.5, 0.6) is 17.2 Å². The summed E-state index contributed by atoms with van der Waals surface area (Å²) >= 11 is 0. The van der Waals surface area contributed by atoms with E-state index in [-0.39, 0.29) is 25.6 Å². The zero-order valence-corrected chi connectivity index (χ0v) is 21.0. The van der Waals surface area contributed by atoms with E-state index in [4.69, 9.17) is 24.6 Å². The van der Waals surface area contributed by atoms with E-state index in [0.29, 0.717) is 47.0 Å². The molecule has 0 aliphatic heterocycles. The van der Waals surface area contributed by atoms with Crippen LogP contribution in [0.25, 0.3) is 11.1 Å². The molecule has 2 N–H and O–H groups in total. The first-order chi connectivity index (χ1) is 18.6. The number of nitrogens with one attached hydrogen (secondary N) is 1. The fraction of sp³-hybridized carbons (Fsp3) is 0.200. The minimum absolute atomic E-state index is 0.0256. The summed E-state index contributed by atoms with van der Waals surface area (Å²) in [5.74, 6) is 1.39. The Labute approximate surface area is 221 Å². The van der Waals surface area contributed by atoms with E-state index < -0.39 is 0 Å². The Kier molecular flexibility index (Phi) is 9.24. The third-order valence-corrected chi connectivity index (χ3v) is 5.82. The van der Waals surface area contributed by atoms with Gasteiger partial charge in [0.2, 0.25) is 0 Å². The minimum atomic E-state index is -0.327. The number of aliphatic hydroxyl groups is 1. The molecule has 0 aliphatic carbocycles. The topological polar surface area (TPSA) is 96.6 Å². The van der Waals surface area contributed by atoms with E-state index in [0.717, 1.165) is 16.7 Å². The number of rotatable bonds is 12. The van der Waals surface area contributed by atoms with Crippen LogP contribution in [0.15, 0.2) is 79.1 Å². The average molecular weight is 514 g/mol. The molecule has 8 heteroatoms. The molecular weight excluding hydrogens is 485 g/mol. The fourth-order valence-electron chi connectivity index (χ4n) is 3.99. The molecule has 194 valence electrons. The Bertz CT molecular complexity index is 1420. The second-order valence-corrected chi connectivity index (χ2v) is 8.42. The quantitative estimate of drug-likeness (QED) is 0.257. The predicted octanol–water partition coefficient (Wildman–Crippen LogP) is 5.01. The van der Waals surface area contributed by atoms with Gasteiger partial charge in [-0.15, -0.1) is 0 Å². The van der Waals surface area contributed by atoms with Crippen LogP contribution in [0.2, 0.25) is 0 Å². The number of nitrogens with zero attached hydrogens (tertiary/aromatic N) is 2. The lowest BCUT2D eigenvalue weighted by molar-refractivity contribution is 0.280. The van der Waals surface area contributed by atoms with Gasteiger partial charge in [0, 0.05) is 59.4 Å². The van der Waals surface area contributed by atoms with E-state index in [1.54, 1.807) is 43.6 Å². The van der Waals surface area contributed by atoms with Crippen LogP contribution < -0.4 is 19.5 Å². The molecule has 0 radical (unpaired) electrons. The summed E-state index contributed by atoms with van der Waals surface area (Å²) < 4.78 is 32.3. The number of hydrogen-bond acceptors (Lipinski definition) is 7. The van der Waals surface area contributed by atoms with Crippen LogP contribution in [0, 0.1) is 17.1 Å². The van der Waals surface area contributed by atoms with Crippen molar-refractivity contribution in [3.8, 4) is 34.4 Å². The van der Waals surface area contributed by atoms with Crippen molar-refractivity contribution in [1.29, 1.82) is 5.26 Å². The summed E-state index contributed by atoms with van der Waals surface area (Å²) in [5, 5.41) is 21.4. The van der Waals surface area contributed by atoms with E-state index in [2.05, 4.69) is 16.4 Å².